The molecular formula is C19H28N2O6. The second-order valence-corrected chi connectivity index (χ2v) is 7.22. The summed E-state index contributed by atoms with van der Waals surface area (Å²) in [5.41, 5.74) is 3.69. The number of rotatable bonds is 9. The van der Waals surface area contributed by atoms with Crippen LogP contribution in [0.25, 0.3) is 0 Å². The molecule has 0 aliphatic rings. The van der Waals surface area contributed by atoms with Crippen LogP contribution in [0.15, 0.2) is 30.3 Å². The molecule has 1 atom stereocenters. The van der Waals surface area contributed by atoms with Gasteiger partial charge in [-0.05, 0) is 45.6 Å². The molecule has 1 aromatic rings. The third-order valence-corrected chi connectivity index (χ3v) is 3.62. The van der Waals surface area contributed by atoms with Gasteiger partial charge in [0.2, 0.25) is 5.54 Å². The van der Waals surface area contributed by atoms with Crippen molar-refractivity contribution in [1.29, 1.82) is 0 Å². The van der Waals surface area contributed by atoms with E-state index in [-0.39, 0.29) is 19.6 Å². The van der Waals surface area contributed by atoms with Crippen LogP contribution in [0.5, 0.6) is 0 Å². The maximum absolute atomic E-state index is 12.1. The highest BCUT2D eigenvalue weighted by Gasteiger charge is 2.44. The lowest BCUT2D eigenvalue weighted by atomic mass is 9.93. The average Bonchev–Trinajstić information content (AvgIpc) is 2.58. The molecular weight excluding hydrogens is 352 g/mol. The zero-order valence-electron chi connectivity index (χ0n) is 16.0. The number of carboxylic acids is 1. The topological polar surface area (TPSA) is 128 Å². The highest BCUT2D eigenvalue weighted by Crippen LogP contribution is 2.18. The van der Waals surface area contributed by atoms with Crippen LogP contribution in [0.1, 0.15) is 45.6 Å². The van der Waals surface area contributed by atoms with E-state index in [0.29, 0.717) is 12.8 Å². The molecule has 0 bridgehead atoms. The van der Waals surface area contributed by atoms with Crippen LogP contribution in [0.3, 0.4) is 0 Å². The van der Waals surface area contributed by atoms with Gasteiger partial charge in [-0.25, -0.2) is 14.4 Å². The number of aliphatic carboxylic acids is 1. The average molecular weight is 380 g/mol. The molecule has 0 aromatic heterocycles. The third-order valence-electron chi connectivity index (χ3n) is 3.62. The maximum atomic E-state index is 12.1. The predicted molar refractivity (Wildman–Crippen MR) is 98.9 cm³/mol. The van der Waals surface area contributed by atoms with Gasteiger partial charge in [0.25, 0.3) is 0 Å². The highest BCUT2D eigenvalue weighted by molar-refractivity contribution is 6.03. The van der Waals surface area contributed by atoms with Gasteiger partial charge in [0.15, 0.2) is 0 Å². The number of hydrogen-bond acceptors (Lipinski definition) is 6. The summed E-state index contributed by atoms with van der Waals surface area (Å²) >= 11 is 0. The number of hydrogen-bond donors (Lipinski definition) is 3. The van der Waals surface area contributed by atoms with Gasteiger partial charge >= 0.3 is 18.0 Å². The van der Waals surface area contributed by atoms with E-state index in [1.807, 2.05) is 30.3 Å². The molecule has 1 rings (SSSR count). The number of alkyl carbamates (subject to hydrolysis) is 1. The van der Waals surface area contributed by atoms with E-state index in [4.69, 9.17) is 15.2 Å². The van der Waals surface area contributed by atoms with E-state index >= 15 is 0 Å². The van der Waals surface area contributed by atoms with E-state index in [9.17, 15) is 19.5 Å². The minimum Gasteiger partial charge on any atom is -0.479 e. The smallest absolute Gasteiger partial charge is 0.407 e. The molecule has 4 N–H and O–H groups in total. The predicted octanol–water partition coefficient (Wildman–Crippen LogP) is 2.21. The molecule has 8 nitrogen and oxygen atoms in total. The Bertz CT molecular complexity index is 641. The van der Waals surface area contributed by atoms with Gasteiger partial charge in [-0.2, -0.15) is 0 Å². The lowest BCUT2D eigenvalue weighted by Gasteiger charge is -2.28. The van der Waals surface area contributed by atoms with Crippen LogP contribution >= 0.6 is 0 Å². The van der Waals surface area contributed by atoms with Crippen molar-refractivity contribution in [2.75, 3.05) is 6.54 Å². The number of unbranched alkanes of at least 4 members (excludes halogenated alkanes) is 1. The summed E-state index contributed by atoms with van der Waals surface area (Å²) < 4.78 is 10.2. The van der Waals surface area contributed by atoms with E-state index in [1.165, 1.54) is 0 Å². The Morgan fingerprint density at radius 3 is 2.30 bits per heavy atom. The molecule has 0 saturated carbocycles. The van der Waals surface area contributed by atoms with E-state index in [1.54, 1.807) is 20.8 Å². The van der Waals surface area contributed by atoms with Crippen molar-refractivity contribution in [2.24, 2.45) is 5.73 Å². The number of benzene rings is 1. The number of carboxylic acid groups (broad SMARTS) is 1. The van der Waals surface area contributed by atoms with Crippen LogP contribution in [0.4, 0.5) is 4.79 Å². The molecule has 0 aliphatic heterocycles. The molecule has 0 radical (unpaired) electrons. The monoisotopic (exact) mass is 380 g/mol. The van der Waals surface area contributed by atoms with Crippen LogP contribution in [-0.2, 0) is 25.7 Å². The first-order chi connectivity index (χ1) is 12.5. The van der Waals surface area contributed by atoms with Crippen LogP contribution in [0, 0.1) is 0 Å². The highest BCUT2D eigenvalue weighted by atomic mass is 16.6. The van der Waals surface area contributed by atoms with Crippen molar-refractivity contribution in [3.8, 4) is 0 Å². The summed E-state index contributed by atoms with van der Waals surface area (Å²) in [4.78, 5) is 35.1. The Labute approximate surface area is 159 Å². The minimum atomic E-state index is -2.11. The largest absolute Gasteiger partial charge is 0.479 e. The van der Waals surface area contributed by atoms with Crippen molar-refractivity contribution >= 4 is 18.0 Å². The van der Waals surface area contributed by atoms with Crippen LogP contribution < -0.4 is 11.1 Å². The number of nitrogens with one attached hydrogen (secondary N) is 1. The van der Waals surface area contributed by atoms with E-state index in [2.05, 4.69) is 5.32 Å². The minimum absolute atomic E-state index is 0.0992. The van der Waals surface area contributed by atoms with Gasteiger partial charge < -0.3 is 25.6 Å². The lowest BCUT2D eigenvalue weighted by molar-refractivity contribution is -0.169. The second kappa shape index (κ2) is 9.91. The zero-order valence-corrected chi connectivity index (χ0v) is 16.0. The molecule has 150 valence electrons. The summed E-state index contributed by atoms with van der Waals surface area (Å²) in [6.45, 7) is 5.35. The first-order valence-corrected chi connectivity index (χ1v) is 8.75. The van der Waals surface area contributed by atoms with Crippen LogP contribution in [-0.4, -0.2) is 40.8 Å². The molecule has 0 fully saturated rings. The normalized spacial score (nSPS) is 13.3. The SMILES string of the molecule is CC(C)(C)OC(=O)C(N)(CCCCNC(=O)OCc1ccccc1)C(=O)O. The zero-order chi connectivity index (χ0) is 20.5. The van der Waals surface area contributed by atoms with Crippen molar-refractivity contribution in [3.63, 3.8) is 0 Å². The summed E-state index contributed by atoms with van der Waals surface area (Å²) in [5.74, 6) is -2.41. The number of carbonyl (C=O) groups excluding carboxylic acids is 2. The molecule has 1 aromatic carbocycles. The number of esters is 1. The second-order valence-electron chi connectivity index (χ2n) is 7.22. The Kier molecular flexibility index (Phi) is 8.24. The van der Waals surface area contributed by atoms with E-state index < -0.39 is 29.2 Å². The summed E-state index contributed by atoms with van der Waals surface area (Å²) in [5, 5.41) is 11.9. The fourth-order valence-electron chi connectivity index (χ4n) is 2.16. The third kappa shape index (κ3) is 8.08. The number of ether oxygens (including phenoxy) is 2. The molecule has 1 amide bonds. The molecule has 0 heterocycles. The molecule has 0 spiro atoms. The Morgan fingerprint density at radius 1 is 1.11 bits per heavy atom. The number of nitrogens with two attached hydrogens (primary N) is 1. The van der Waals surface area contributed by atoms with Crippen molar-refractivity contribution in [3.05, 3.63) is 35.9 Å². The van der Waals surface area contributed by atoms with Gasteiger partial charge in [0.1, 0.15) is 12.2 Å². The quantitative estimate of drug-likeness (QED) is 0.340. The Hall–Kier alpha value is -2.61. The summed E-state index contributed by atoms with van der Waals surface area (Å²) in [6, 6.07) is 9.26. The van der Waals surface area contributed by atoms with Gasteiger partial charge in [-0.15, -0.1) is 0 Å². The fraction of sp³-hybridized carbons (Fsp3) is 0.526. The standard InChI is InChI=1S/C19H28N2O6/c1-18(2,3)27-16(24)19(20,15(22)23)11-7-8-12-21-17(25)26-13-14-9-5-4-6-10-14/h4-6,9-10H,7-8,11-13,20H2,1-3H3,(H,21,25)(H,22,23). The fourth-order valence-corrected chi connectivity index (χ4v) is 2.16. The Morgan fingerprint density at radius 2 is 1.74 bits per heavy atom. The first kappa shape index (κ1) is 22.4. The van der Waals surface area contributed by atoms with Crippen LogP contribution in [0.2, 0.25) is 0 Å². The molecule has 8 heteroatoms. The lowest BCUT2D eigenvalue weighted by Crippen LogP contribution is -2.57. The van der Waals surface area contributed by atoms with E-state index in [0.717, 1.165) is 5.56 Å². The van der Waals surface area contributed by atoms with Gasteiger partial charge in [0, 0.05) is 6.54 Å². The van der Waals surface area contributed by atoms with Crippen molar-refractivity contribution in [1.82, 2.24) is 5.32 Å². The van der Waals surface area contributed by atoms with Gasteiger partial charge in [-0.3, -0.25) is 0 Å². The number of amides is 1. The molecule has 1 unspecified atom stereocenters. The molecule has 27 heavy (non-hydrogen) atoms. The van der Waals surface area contributed by atoms with Gasteiger partial charge in [-0.1, -0.05) is 30.3 Å². The Balaban J connectivity index is 2.34. The van der Waals surface area contributed by atoms with Gasteiger partial charge in [0.05, 0.1) is 0 Å². The molecule has 0 aliphatic carbocycles. The first-order valence-electron chi connectivity index (χ1n) is 8.75. The summed E-state index contributed by atoms with van der Waals surface area (Å²) in [6.07, 6.45) is 0.0947. The summed E-state index contributed by atoms with van der Waals surface area (Å²) in [7, 11) is 0. The number of carbonyl (C=O) groups is 3. The maximum Gasteiger partial charge on any atom is 0.407 e. The van der Waals surface area contributed by atoms with Crippen molar-refractivity contribution < 1.29 is 29.0 Å². The van der Waals surface area contributed by atoms with Crippen molar-refractivity contribution in [2.45, 2.75) is 57.8 Å². The molecule has 0 saturated heterocycles.